The van der Waals surface area contributed by atoms with E-state index in [9.17, 15) is 0 Å². The molecular formula is C15H28N4O. The van der Waals surface area contributed by atoms with Gasteiger partial charge in [0.15, 0.2) is 0 Å². The molecular weight excluding hydrogens is 252 g/mol. The standard InChI is InChI=1S/C15H28N4O/c1-7-13-17-14(16-5)12(4)15(18-13)19(8-9-20-6)10-11(2)3/h11H,7-10H2,1-6H3,(H,16,17,18). The predicted molar refractivity (Wildman–Crippen MR) is 84.6 cm³/mol. The summed E-state index contributed by atoms with van der Waals surface area (Å²) in [6.07, 6.45) is 0.835. The molecule has 0 saturated carbocycles. The Bertz CT molecular complexity index is 421. The van der Waals surface area contributed by atoms with Crippen molar-refractivity contribution >= 4 is 11.6 Å². The summed E-state index contributed by atoms with van der Waals surface area (Å²) in [6, 6.07) is 0. The molecule has 0 aromatic carbocycles. The van der Waals surface area contributed by atoms with Crippen LogP contribution in [0.5, 0.6) is 0 Å². The highest BCUT2D eigenvalue weighted by Gasteiger charge is 2.16. The van der Waals surface area contributed by atoms with Crippen LogP contribution in [0.4, 0.5) is 11.6 Å². The lowest BCUT2D eigenvalue weighted by atomic mass is 10.2. The molecule has 0 fully saturated rings. The molecule has 0 saturated heterocycles. The molecule has 1 rings (SSSR count). The third-order valence-corrected chi connectivity index (χ3v) is 3.17. The molecule has 20 heavy (non-hydrogen) atoms. The average molecular weight is 280 g/mol. The summed E-state index contributed by atoms with van der Waals surface area (Å²) in [5, 5.41) is 3.17. The van der Waals surface area contributed by atoms with Crippen molar-refractivity contribution in [3.8, 4) is 0 Å². The van der Waals surface area contributed by atoms with Crippen molar-refractivity contribution in [2.24, 2.45) is 5.92 Å². The van der Waals surface area contributed by atoms with E-state index in [1.54, 1.807) is 7.11 Å². The van der Waals surface area contributed by atoms with Gasteiger partial charge in [-0.25, -0.2) is 9.97 Å². The maximum Gasteiger partial charge on any atom is 0.137 e. The van der Waals surface area contributed by atoms with Crippen LogP contribution in [-0.2, 0) is 11.2 Å². The summed E-state index contributed by atoms with van der Waals surface area (Å²) in [6.45, 7) is 11.1. The minimum absolute atomic E-state index is 0.573. The first-order valence-electron chi connectivity index (χ1n) is 7.32. The maximum atomic E-state index is 5.23. The number of aromatic nitrogens is 2. The summed E-state index contributed by atoms with van der Waals surface area (Å²) < 4.78 is 5.23. The molecule has 1 aromatic heterocycles. The van der Waals surface area contributed by atoms with Crippen molar-refractivity contribution in [2.75, 3.05) is 44.1 Å². The Morgan fingerprint density at radius 3 is 2.50 bits per heavy atom. The van der Waals surface area contributed by atoms with Gasteiger partial charge in [0.25, 0.3) is 0 Å². The second-order valence-corrected chi connectivity index (χ2v) is 5.37. The number of hydrogen-bond acceptors (Lipinski definition) is 5. The maximum absolute atomic E-state index is 5.23. The summed E-state index contributed by atoms with van der Waals surface area (Å²) in [5.74, 6) is 3.38. The highest BCUT2D eigenvalue weighted by molar-refractivity contribution is 5.58. The zero-order valence-corrected chi connectivity index (χ0v) is 13.7. The lowest BCUT2D eigenvalue weighted by Crippen LogP contribution is -2.33. The Morgan fingerprint density at radius 2 is 2.00 bits per heavy atom. The van der Waals surface area contributed by atoms with Crippen molar-refractivity contribution in [1.29, 1.82) is 0 Å². The van der Waals surface area contributed by atoms with Crippen LogP contribution in [0.1, 0.15) is 32.2 Å². The smallest absolute Gasteiger partial charge is 0.137 e. The Kier molecular flexibility index (Phi) is 6.71. The van der Waals surface area contributed by atoms with Crippen LogP contribution in [0.15, 0.2) is 0 Å². The van der Waals surface area contributed by atoms with Gasteiger partial charge in [-0.15, -0.1) is 0 Å². The molecule has 0 spiro atoms. The fourth-order valence-corrected chi connectivity index (χ4v) is 2.19. The first kappa shape index (κ1) is 16.7. The second-order valence-electron chi connectivity index (χ2n) is 5.37. The highest BCUT2D eigenvalue weighted by Crippen LogP contribution is 2.24. The van der Waals surface area contributed by atoms with Crippen LogP contribution in [0.2, 0.25) is 0 Å². The lowest BCUT2D eigenvalue weighted by molar-refractivity contribution is 0.204. The van der Waals surface area contributed by atoms with Gasteiger partial charge in [0.1, 0.15) is 17.5 Å². The molecule has 0 bridgehead atoms. The zero-order valence-electron chi connectivity index (χ0n) is 13.7. The number of nitrogens with one attached hydrogen (secondary N) is 1. The van der Waals surface area contributed by atoms with Gasteiger partial charge in [-0.1, -0.05) is 20.8 Å². The Morgan fingerprint density at radius 1 is 1.30 bits per heavy atom. The minimum Gasteiger partial charge on any atom is -0.383 e. The first-order chi connectivity index (χ1) is 9.53. The quantitative estimate of drug-likeness (QED) is 0.793. The molecule has 1 aromatic rings. The van der Waals surface area contributed by atoms with Gasteiger partial charge >= 0.3 is 0 Å². The van der Waals surface area contributed by atoms with Gasteiger partial charge in [0.05, 0.1) is 6.61 Å². The number of hydrogen-bond donors (Lipinski definition) is 1. The number of methoxy groups -OCH3 is 1. The van der Waals surface area contributed by atoms with E-state index in [0.29, 0.717) is 12.5 Å². The molecule has 0 amide bonds. The fourth-order valence-electron chi connectivity index (χ4n) is 2.19. The van der Waals surface area contributed by atoms with Crippen LogP contribution >= 0.6 is 0 Å². The van der Waals surface area contributed by atoms with Crippen LogP contribution in [0, 0.1) is 12.8 Å². The fraction of sp³-hybridized carbons (Fsp3) is 0.733. The molecule has 0 aliphatic heterocycles. The van der Waals surface area contributed by atoms with Gasteiger partial charge in [-0.2, -0.15) is 0 Å². The normalized spacial score (nSPS) is 10.9. The SMILES string of the molecule is CCc1nc(NC)c(C)c(N(CCOC)CC(C)C)n1. The summed E-state index contributed by atoms with van der Waals surface area (Å²) >= 11 is 0. The molecule has 0 aliphatic rings. The summed E-state index contributed by atoms with van der Waals surface area (Å²) in [4.78, 5) is 11.6. The number of aryl methyl sites for hydroxylation is 1. The zero-order chi connectivity index (χ0) is 15.1. The van der Waals surface area contributed by atoms with Crippen molar-refractivity contribution < 1.29 is 4.74 Å². The van der Waals surface area contributed by atoms with E-state index >= 15 is 0 Å². The third-order valence-electron chi connectivity index (χ3n) is 3.17. The van der Waals surface area contributed by atoms with Crippen LogP contribution in [-0.4, -0.2) is 43.8 Å². The van der Waals surface area contributed by atoms with Crippen molar-refractivity contribution in [3.05, 3.63) is 11.4 Å². The molecule has 5 nitrogen and oxygen atoms in total. The number of nitrogens with zero attached hydrogens (tertiary/aromatic N) is 3. The van der Waals surface area contributed by atoms with Crippen molar-refractivity contribution in [3.63, 3.8) is 0 Å². The third kappa shape index (κ3) is 4.34. The van der Waals surface area contributed by atoms with E-state index in [4.69, 9.17) is 9.72 Å². The topological polar surface area (TPSA) is 50.3 Å². The van der Waals surface area contributed by atoms with E-state index in [0.717, 1.165) is 42.5 Å². The minimum atomic E-state index is 0.573. The monoisotopic (exact) mass is 280 g/mol. The van der Waals surface area contributed by atoms with Gasteiger partial charge < -0.3 is 15.0 Å². The van der Waals surface area contributed by atoms with E-state index in [2.05, 4.69) is 42.9 Å². The molecule has 114 valence electrons. The van der Waals surface area contributed by atoms with E-state index in [-0.39, 0.29) is 0 Å². The number of ether oxygens (including phenoxy) is 1. The highest BCUT2D eigenvalue weighted by atomic mass is 16.5. The van der Waals surface area contributed by atoms with Gasteiger partial charge in [0, 0.05) is 39.2 Å². The Hall–Kier alpha value is -1.36. The van der Waals surface area contributed by atoms with E-state index in [1.165, 1.54) is 0 Å². The lowest BCUT2D eigenvalue weighted by Gasteiger charge is -2.27. The van der Waals surface area contributed by atoms with Gasteiger partial charge in [0.2, 0.25) is 0 Å². The van der Waals surface area contributed by atoms with E-state index < -0.39 is 0 Å². The second kappa shape index (κ2) is 8.04. The largest absolute Gasteiger partial charge is 0.383 e. The molecule has 5 heteroatoms. The van der Waals surface area contributed by atoms with E-state index in [1.807, 2.05) is 7.05 Å². The Labute approximate surface area is 122 Å². The molecule has 1 heterocycles. The number of anilines is 2. The molecule has 0 radical (unpaired) electrons. The van der Waals surface area contributed by atoms with Gasteiger partial charge in [-0.05, 0) is 12.8 Å². The van der Waals surface area contributed by atoms with Crippen molar-refractivity contribution in [1.82, 2.24) is 9.97 Å². The summed E-state index contributed by atoms with van der Waals surface area (Å²) in [5.41, 5.74) is 1.10. The van der Waals surface area contributed by atoms with Crippen LogP contribution < -0.4 is 10.2 Å². The van der Waals surface area contributed by atoms with Gasteiger partial charge in [-0.3, -0.25) is 0 Å². The molecule has 0 aliphatic carbocycles. The van der Waals surface area contributed by atoms with Crippen molar-refractivity contribution in [2.45, 2.75) is 34.1 Å². The van der Waals surface area contributed by atoms with Crippen LogP contribution in [0.25, 0.3) is 0 Å². The van der Waals surface area contributed by atoms with Crippen LogP contribution in [0.3, 0.4) is 0 Å². The Balaban J connectivity index is 3.15. The average Bonchev–Trinajstić information content (AvgIpc) is 2.43. The molecule has 0 atom stereocenters. The molecule has 1 N–H and O–H groups in total. The molecule has 0 unspecified atom stereocenters. The number of rotatable bonds is 8. The predicted octanol–water partition coefficient (Wildman–Crippen LogP) is 2.50. The first-order valence-corrected chi connectivity index (χ1v) is 7.32. The summed E-state index contributed by atoms with van der Waals surface area (Å²) in [7, 11) is 3.64.